The van der Waals surface area contributed by atoms with E-state index in [4.69, 9.17) is 4.74 Å². The molecule has 0 saturated heterocycles. The number of carbonyl (C=O) groups excluding carboxylic acids is 1. The Kier molecular flexibility index (Phi) is 4.79. The predicted octanol–water partition coefficient (Wildman–Crippen LogP) is 2.86. The van der Waals surface area contributed by atoms with Crippen molar-refractivity contribution in [1.29, 1.82) is 0 Å². The van der Waals surface area contributed by atoms with Crippen LogP contribution in [-0.4, -0.2) is 23.6 Å². The zero-order valence-corrected chi connectivity index (χ0v) is 10.1. The topological polar surface area (TPSA) is 26.3 Å². The van der Waals surface area contributed by atoms with Gasteiger partial charge in [-0.3, -0.25) is 4.79 Å². The lowest BCUT2D eigenvalue weighted by Crippen LogP contribution is -2.28. The zero-order valence-electron chi connectivity index (χ0n) is 9.29. The Bertz CT molecular complexity index is 194. The summed E-state index contributed by atoms with van der Waals surface area (Å²) in [4.78, 5) is 11.5. The Hall–Kier alpha value is -0.180. The standard InChI is InChI=1S/C11H20O2S/c1-8-5-4-6-10(7-8)13-11(12)9(2)14-3/h8-10H,4-7H2,1-3H3. The Balaban J connectivity index is 2.32. The van der Waals surface area contributed by atoms with Crippen molar-refractivity contribution in [3.63, 3.8) is 0 Å². The van der Waals surface area contributed by atoms with Gasteiger partial charge in [-0.15, -0.1) is 0 Å². The van der Waals surface area contributed by atoms with Crippen molar-refractivity contribution in [2.24, 2.45) is 5.92 Å². The summed E-state index contributed by atoms with van der Waals surface area (Å²) in [7, 11) is 0. The van der Waals surface area contributed by atoms with E-state index in [1.807, 2.05) is 13.2 Å². The van der Waals surface area contributed by atoms with Crippen LogP contribution in [0.2, 0.25) is 0 Å². The van der Waals surface area contributed by atoms with Gasteiger partial charge in [0.2, 0.25) is 0 Å². The highest BCUT2D eigenvalue weighted by Crippen LogP contribution is 2.26. The minimum Gasteiger partial charge on any atom is -0.462 e. The maximum absolute atomic E-state index is 11.5. The number of ether oxygens (including phenoxy) is 1. The van der Waals surface area contributed by atoms with E-state index in [0.717, 1.165) is 12.8 Å². The fraction of sp³-hybridized carbons (Fsp3) is 0.909. The summed E-state index contributed by atoms with van der Waals surface area (Å²) in [6, 6.07) is 0. The van der Waals surface area contributed by atoms with Crippen LogP contribution in [0.15, 0.2) is 0 Å². The van der Waals surface area contributed by atoms with Crippen LogP contribution in [0.25, 0.3) is 0 Å². The molecule has 2 nitrogen and oxygen atoms in total. The van der Waals surface area contributed by atoms with Gasteiger partial charge in [0.1, 0.15) is 6.10 Å². The fourth-order valence-corrected chi connectivity index (χ4v) is 2.09. The minimum absolute atomic E-state index is 0.0211. The van der Waals surface area contributed by atoms with Crippen LogP contribution in [-0.2, 0) is 9.53 Å². The van der Waals surface area contributed by atoms with Gasteiger partial charge in [-0.2, -0.15) is 11.8 Å². The van der Waals surface area contributed by atoms with E-state index in [9.17, 15) is 4.79 Å². The highest BCUT2D eigenvalue weighted by Gasteiger charge is 2.24. The first-order valence-corrected chi connectivity index (χ1v) is 6.65. The molecular formula is C11H20O2S. The number of thioether (sulfide) groups is 1. The molecule has 0 bridgehead atoms. The normalized spacial score (nSPS) is 29.6. The number of hydrogen-bond acceptors (Lipinski definition) is 3. The lowest BCUT2D eigenvalue weighted by atomic mass is 9.89. The third-order valence-electron chi connectivity index (χ3n) is 2.86. The van der Waals surface area contributed by atoms with Crippen molar-refractivity contribution in [2.45, 2.75) is 50.9 Å². The molecule has 14 heavy (non-hydrogen) atoms. The molecule has 0 aromatic carbocycles. The van der Waals surface area contributed by atoms with Gasteiger partial charge in [0, 0.05) is 0 Å². The summed E-state index contributed by atoms with van der Waals surface area (Å²) in [6.45, 7) is 4.14. The summed E-state index contributed by atoms with van der Waals surface area (Å²) < 4.78 is 5.45. The van der Waals surface area contributed by atoms with Crippen molar-refractivity contribution in [3.8, 4) is 0 Å². The van der Waals surface area contributed by atoms with Crippen LogP contribution in [0.3, 0.4) is 0 Å². The molecule has 0 radical (unpaired) electrons. The Labute approximate surface area is 90.8 Å². The molecule has 0 spiro atoms. The molecule has 1 aliphatic carbocycles. The Morgan fingerprint density at radius 2 is 2.21 bits per heavy atom. The van der Waals surface area contributed by atoms with Crippen LogP contribution >= 0.6 is 11.8 Å². The van der Waals surface area contributed by atoms with Gasteiger partial charge in [0.25, 0.3) is 0 Å². The molecule has 3 heteroatoms. The minimum atomic E-state index is -0.0448. The smallest absolute Gasteiger partial charge is 0.319 e. The number of rotatable bonds is 3. The number of esters is 1. The molecule has 1 saturated carbocycles. The summed E-state index contributed by atoms with van der Waals surface area (Å²) in [5, 5.41) is -0.0211. The molecule has 1 rings (SSSR count). The highest BCUT2D eigenvalue weighted by atomic mass is 32.2. The Morgan fingerprint density at radius 3 is 2.79 bits per heavy atom. The molecular weight excluding hydrogens is 196 g/mol. The van der Waals surface area contributed by atoms with Crippen LogP contribution in [0.1, 0.15) is 39.5 Å². The van der Waals surface area contributed by atoms with E-state index in [1.54, 1.807) is 11.8 Å². The maximum atomic E-state index is 11.5. The third-order valence-corrected chi connectivity index (χ3v) is 3.76. The van der Waals surface area contributed by atoms with Gasteiger partial charge >= 0.3 is 5.97 Å². The summed E-state index contributed by atoms with van der Waals surface area (Å²) in [6.07, 6.45) is 6.71. The van der Waals surface area contributed by atoms with E-state index in [-0.39, 0.29) is 17.3 Å². The average molecular weight is 216 g/mol. The maximum Gasteiger partial charge on any atom is 0.319 e. The molecule has 1 aliphatic rings. The highest BCUT2D eigenvalue weighted by molar-refractivity contribution is 7.99. The van der Waals surface area contributed by atoms with Crippen LogP contribution in [0.5, 0.6) is 0 Å². The van der Waals surface area contributed by atoms with Crippen molar-refractivity contribution in [2.75, 3.05) is 6.26 Å². The van der Waals surface area contributed by atoms with Crippen molar-refractivity contribution in [3.05, 3.63) is 0 Å². The van der Waals surface area contributed by atoms with E-state index >= 15 is 0 Å². The predicted molar refractivity (Wildman–Crippen MR) is 60.5 cm³/mol. The molecule has 0 amide bonds. The van der Waals surface area contributed by atoms with Crippen LogP contribution in [0, 0.1) is 5.92 Å². The SMILES string of the molecule is CSC(C)C(=O)OC1CCCC(C)C1. The Morgan fingerprint density at radius 1 is 1.50 bits per heavy atom. The molecule has 1 fully saturated rings. The quantitative estimate of drug-likeness (QED) is 0.679. The van der Waals surface area contributed by atoms with Crippen LogP contribution in [0.4, 0.5) is 0 Å². The lowest BCUT2D eigenvalue weighted by molar-refractivity contribution is -0.150. The molecule has 0 heterocycles. The lowest BCUT2D eigenvalue weighted by Gasteiger charge is -2.27. The number of carbonyl (C=O) groups is 1. The molecule has 0 aromatic rings. The first kappa shape index (κ1) is 11.9. The van der Waals surface area contributed by atoms with Crippen molar-refractivity contribution >= 4 is 17.7 Å². The second-order valence-electron chi connectivity index (χ2n) is 4.21. The molecule has 0 aromatic heterocycles. The van der Waals surface area contributed by atoms with Gasteiger partial charge in [0.15, 0.2) is 0 Å². The second kappa shape index (κ2) is 5.64. The second-order valence-corrected chi connectivity index (χ2v) is 5.39. The van der Waals surface area contributed by atoms with Gasteiger partial charge in [-0.25, -0.2) is 0 Å². The van der Waals surface area contributed by atoms with Gasteiger partial charge in [-0.1, -0.05) is 13.3 Å². The van der Waals surface area contributed by atoms with Crippen LogP contribution < -0.4 is 0 Å². The van der Waals surface area contributed by atoms with Gasteiger partial charge in [-0.05, 0) is 38.4 Å². The van der Waals surface area contributed by atoms with Gasteiger partial charge in [0.05, 0.1) is 5.25 Å². The van der Waals surface area contributed by atoms with Crippen molar-refractivity contribution < 1.29 is 9.53 Å². The molecule has 3 atom stereocenters. The molecule has 0 N–H and O–H groups in total. The molecule has 3 unspecified atom stereocenters. The first-order chi connectivity index (χ1) is 6.63. The van der Waals surface area contributed by atoms with E-state index in [0.29, 0.717) is 5.92 Å². The zero-order chi connectivity index (χ0) is 10.6. The fourth-order valence-electron chi connectivity index (χ4n) is 1.84. The largest absolute Gasteiger partial charge is 0.462 e. The monoisotopic (exact) mass is 216 g/mol. The average Bonchev–Trinajstić information content (AvgIpc) is 2.16. The summed E-state index contributed by atoms with van der Waals surface area (Å²) in [5.41, 5.74) is 0. The molecule has 0 aliphatic heterocycles. The summed E-state index contributed by atoms with van der Waals surface area (Å²) in [5.74, 6) is 0.669. The first-order valence-electron chi connectivity index (χ1n) is 5.36. The molecule has 82 valence electrons. The third kappa shape index (κ3) is 3.52. The number of hydrogen-bond donors (Lipinski definition) is 0. The van der Waals surface area contributed by atoms with Crippen molar-refractivity contribution in [1.82, 2.24) is 0 Å². The van der Waals surface area contributed by atoms with Gasteiger partial charge < -0.3 is 4.74 Å². The van der Waals surface area contributed by atoms with E-state index in [2.05, 4.69) is 6.92 Å². The van der Waals surface area contributed by atoms with E-state index in [1.165, 1.54) is 12.8 Å². The van der Waals surface area contributed by atoms with E-state index < -0.39 is 0 Å². The summed E-state index contributed by atoms with van der Waals surface area (Å²) >= 11 is 1.55.